The van der Waals surface area contributed by atoms with Crippen molar-refractivity contribution in [1.29, 1.82) is 0 Å². The Morgan fingerprint density at radius 2 is 1.94 bits per heavy atom. The van der Waals surface area contributed by atoms with Gasteiger partial charge in [-0.1, -0.05) is 19.1 Å². The number of sulfone groups is 1. The molecule has 4 rings (SSSR count). The van der Waals surface area contributed by atoms with Crippen molar-refractivity contribution >= 4 is 27.4 Å². The first-order valence-corrected chi connectivity index (χ1v) is 12.9. The molecule has 0 aromatic heterocycles. The topological polar surface area (TPSA) is 76.0 Å². The van der Waals surface area contributed by atoms with E-state index < -0.39 is 21.7 Å². The summed E-state index contributed by atoms with van der Waals surface area (Å²) in [4.78, 5) is 18.4. The Hall–Kier alpha value is -3.26. The van der Waals surface area contributed by atoms with E-state index >= 15 is 0 Å². The number of hydrogen-bond acceptors (Lipinski definition) is 6. The zero-order valence-electron chi connectivity index (χ0n) is 19.6. The second kappa shape index (κ2) is 9.18. The summed E-state index contributed by atoms with van der Waals surface area (Å²) in [5, 5.41) is 0. The van der Waals surface area contributed by atoms with Crippen LogP contribution in [0.25, 0.3) is 5.57 Å². The number of carbonyl (C=O) groups excluding carboxylic acids is 1. The van der Waals surface area contributed by atoms with Gasteiger partial charge in [0.15, 0.2) is 21.4 Å². The molecule has 2 aliphatic rings. The number of aliphatic imine (C=N–C) groups is 1. The third kappa shape index (κ3) is 4.42. The monoisotopic (exact) mass is 482 g/mol. The van der Waals surface area contributed by atoms with Gasteiger partial charge in [0, 0.05) is 35.7 Å². The van der Waals surface area contributed by atoms with Crippen LogP contribution in [-0.4, -0.2) is 57.3 Å². The predicted octanol–water partition coefficient (Wildman–Crippen LogP) is 3.79. The van der Waals surface area contributed by atoms with Crippen molar-refractivity contribution in [2.24, 2.45) is 4.99 Å². The molecule has 0 fully saturated rings. The number of halogens is 1. The summed E-state index contributed by atoms with van der Waals surface area (Å²) in [5.74, 6) is -0.379. The van der Waals surface area contributed by atoms with Gasteiger partial charge in [0.2, 0.25) is 0 Å². The normalized spacial score (nSPS) is 19.8. The van der Waals surface area contributed by atoms with E-state index in [0.717, 1.165) is 28.6 Å². The highest BCUT2D eigenvalue weighted by atomic mass is 32.2. The lowest BCUT2D eigenvalue weighted by Crippen LogP contribution is -2.31. The fraction of sp³-hybridized carbons (Fsp3) is 0.308. The van der Waals surface area contributed by atoms with Gasteiger partial charge in [-0.15, -0.1) is 0 Å². The number of ether oxygens (including phenoxy) is 1. The fourth-order valence-electron chi connectivity index (χ4n) is 4.32. The zero-order chi connectivity index (χ0) is 24.6. The Kier molecular flexibility index (Phi) is 6.45. The predicted molar refractivity (Wildman–Crippen MR) is 131 cm³/mol. The number of rotatable bonds is 6. The standard InChI is InChI=1S/C26H27FN2O4S/c1-5-34(31,32)15-17-6-8-20-22(10-17)23-13-29(3)19(14-30)12-21(23)16(2)28-26(20)18-7-9-25(33-4)24(27)11-18/h6-14,16,19H,5,15H2,1-4H3/t16-,19?/m0/s1. The van der Waals surface area contributed by atoms with Crippen LogP contribution in [0.2, 0.25) is 0 Å². The van der Waals surface area contributed by atoms with E-state index in [0.29, 0.717) is 16.8 Å². The van der Waals surface area contributed by atoms with Gasteiger partial charge in [-0.2, -0.15) is 0 Å². The minimum Gasteiger partial charge on any atom is -0.494 e. The van der Waals surface area contributed by atoms with Crippen LogP contribution in [0.15, 0.2) is 59.2 Å². The molecule has 2 aromatic carbocycles. The molecule has 1 unspecified atom stereocenters. The van der Waals surface area contributed by atoms with Crippen molar-refractivity contribution in [3.63, 3.8) is 0 Å². The summed E-state index contributed by atoms with van der Waals surface area (Å²) in [6, 6.07) is 9.46. The number of aldehydes is 1. The van der Waals surface area contributed by atoms with Gasteiger partial charge in [-0.3, -0.25) is 4.99 Å². The number of nitrogens with zero attached hydrogens (tertiary/aromatic N) is 2. The highest BCUT2D eigenvalue weighted by Crippen LogP contribution is 2.38. The quantitative estimate of drug-likeness (QED) is 0.586. The van der Waals surface area contributed by atoms with Crippen molar-refractivity contribution in [3.05, 3.63) is 82.3 Å². The molecule has 34 heavy (non-hydrogen) atoms. The highest BCUT2D eigenvalue weighted by Gasteiger charge is 2.30. The lowest BCUT2D eigenvalue weighted by atomic mass is 9.87. The van der Waals surface area contributed by atoms with Crippen molar-refractivity contribution in [1.82, 2.24) is 4.90 Å². The summed E-state index contributed by atoms with van der Waals surface area (Å²) in [5.41, 5.74) is 5.14. The minimum atomic E-state index is -3.24. The van der Waals surface area contributed by atoms with Crippen LogP contribution in [0.4, 0.5) is 4.39 Å². The third-order valence-electron chi connectivity index (χ3n) is 6.26. The lowest BCUT2D eigenvalue weighted by Gasteiger charge is -2.29. The van der Waals surface area contributed by atoms with E-state index in [9.17, 15) is 17.6 Å². The molecule has 8 heteroatoms. The molecule has 2 heterocycles. The molecule has 2 aliphatic heterocycles. The molecule has 2 aromatic rings. The van der Waals surface area contributed by atoms with Gasteiger partial charge < -0.3 is 14.4 Å². The molecule has 6 nitrogen and oxygen atoms in total. The van der Waals surface area contributed by atoms with Crippen LogP contribution < -0.4 is 4.74 Å². The van der Waals surface area contributed by atoms with E-state index in [1.54, 1.807) is 25.1 Å². The van der Waals surface area contributed by atoms with Crippen LogP contribution in [0.3, 0.4) is 0 Å². The summed E-state index contributed by atoms with van der Waals surface area (Å²) in [7, 11) is -0.00447. The van der Waals surface area contributed by atoms with Crippen LogP contribution in [0, 0.1) is 5.82 Å². The summed E-state index contributed by atoms with van der Waals surface area (Å²) in [6.45, 7) is 3.56. The number of hydrogen-bond donors (Lipinski definition) is 0. The molecule has 0 radical (unpaired) electrons. The summed E-state index contributed by atoms with van der Waals surface area (Å²) < 4.78 is 44.3. The molecule has 0 aliphatic carbocycles. The Morgan fingerprint density at radius 3 is 2.59 bits per heavy atom. The number of carbonyl (C=O) groups is 1. The van der Waals surface area contributed by atoms with Gasteiger partial charge in [0.05, 0.1) is 24.6 Å². The van der Waals surface area contributed by atoms with E-state index in [1.807, 2.05) is 43.3 Å². The maximum atomic E-state index is 14.6. The van der Waals surface area contributed by atoms with Gasteiger partial charge >= 0.3 is 0 Å². The van der Waals surface area contributed by atoms with Gasteiger partial charge in [-0.25, -0.2) is 12.8 Å². The first-order valence-electron chi connectivity index (χ1n) is 11.0. The van der Waals surface area contributed by atoms with Crippen molar-refractivity contribution in [3.8, 4) is 5.75 Å². The Bertz CT molecular complexity index is 1340. The van der Waals surface area contributed by atoms with E-state index in [1.165, 1.54) is 13.2 Å². The number of methoxy groups -OCH3 is 1. The molecule has 0 N–H and O–H groups in total. The first kappa shape index (κ1) is 23.9. The van der Waals surface area contributed by atoms with Gasteiger partial charge in [-0.05, 0) is 54.0 Å². The van der Waals surface area contributed by atoms with Crippen LogP contribution in [0.5, 0.6) is 5.75 Å². The highest BCUT2D eigenvalue weighted by molar-refractivity contribution is 7.90. The summed E-state index contributed by atoms with van der Waals surface area (Å²) in [6.07, 6.45) is 4.65. The smallest absolute Gasteiger partial charge is 0.165 e. The third-order valence-corrected chi connectivity index (χ3v) is 7.91. The fourth-order valence-corrected chi connectivity index (χ4v) is 5.21. The Balaban J connectivity index is 1.95. The minimum absolute atomic E-state index is 0.0521. The Labute approximate surface area is 199 Å². The molecule has 0 saturated carbocycles. The van der Waals surface area contributed by atoms with Gasteiger partial charge in [0.1, 0.15) is 12.3 Å². The van der Waals surface area contributed by atoms with Gasteiger partial charge in [0.25, 0.3) is 0 Å². The van der Waals surface area contributed by atoms with Crippen LogP contribution >= 0.6 is 0 Å². The molecule has 0 amide bonds. The number of fused-ring (bicyclic) bond motifs is 3. The average Bonchev–Trinajstić information content (AvgIpc) is 2.92. The van der Waals surface area contributed by atoms with E-state index in [2.05, 4.69) is 0 Å². The van der Waals surface area contributed by atoms with Crippen molar-refractivity contribution < 1.29 is 22.3 Å². The molecular formula is C26H27FN2O4S. The molecule has 178 valence electrons. The summed E-state index contributed by atoms with van der Waals surface area (Å²) >= 11 is 0. The molecule has 0 spiro atoms. The van der Waals surface area contributed by atoms with E-state index in [-0.39, 0.29) is 23.3 Å². The van der Waals surface area contributed by atoms with Crippen LogP contribution in [-0.2, 0) is 20.4 Å². The van der Waals surface area contributed by atoms with Crippen molar-refractivity contribution in [2.45, 2.75) is 31.7 Å². The largest absolute Gasteiger partial charge is 0.494 e. The second-order valence-electron chi connectivity index (χ2n) is 8.52. The molecule has 2 atom stereocenters. The zero-order valence-corrected chi connectivity index (χ0v) is 20.4. The number of benzene rings is 2. The van der Waals surface area contributed by atoms with E-state index in [4.69, 9.17) is 9.73 Å². The SMILES string of the molecule is CCS(=O)(=O)Cc1ccc2c(c1)C1=CN(C)C(C=O)C=C1[C@H](C)N=C2c1ccc(OC)c(F)c1. The molecular weight excluding hydrogens is 455 g/mol. The molecule has 0 bridgehead atoms. The number of likely N-dealkylation sites (N-methyl/N-ethyl adjacent to an activating group) is 1. The molecule has 0 saturated heterocycles. The maximum absolute atomic E-state index is 14.6. The lowest BCUT2D eigenvalue weighted by molar-refractivity contribution is -0.110. The maximum Gasteiger partial charge on any atom is 0.165 e. The second-order valence-corrected chi connectivity index (χ2v) is 10.9. The average molecular weight is 483 g/mol. The van der Waals surface area contributed by atoms with Crippen LogP contribution in [0.1, 0.15) is 36.1 Å². The first-order chi connectivity index (χ1) is 16.2. The Morgan fingerprint density at radius 1 is 1.18 bits per heavy atom. The van der Waals surface area contributed by atoms with Crippen molar-refractivity contribution in [2.75, 3.05) is 19.9 Å².